The van der Waals surface area contributed by atoms with Gasteiger partial charge in [0.05, 0.1) is 12.4 Å². The van der Waals surface area contributed by atoms with Crippen LogP contribution in [-0.2, 0) is 27.9 Å². The first-order chi connectivity index (χ1) is 15.2. The summed E-state index contributed by atoms with van der Waals surface area (Å²) in [5.74, 6) is 0.913. The van der Waals surface area contributed by atoms with E-state index in [9.17, 15) is 13.2 Å². The number of hydrogen-bond acceptors (Lipinski definition) is 7. The summed E-state index contributed by atoms with van der Waals surface area (Å²) in [5.41, 5.74) is 2.38. The highest BCUT2D eigenvalue weighted by molar-refractivity contribution is 7.88. The third kappa shape index (κ3) is 4.55. The van der Waals surface area contributed by atoms with E-state index in [1.165, 1.54) is 7.11 Å². The Morgan fingerprint density at radius 3 is 2.59 bits per heavy atom. The molecule has 2 aromatic rings. The van der Waals surface area contributed by atoms with E-state index in [4.69, 9.17) is 18.4 Å². The minimum Gasteiger partial charge on any atom is -0.495 e. The molecule has 0 saturated heterocycles. The molecule has 2 aromatic carbocycles. The molecule has 0 amide bonds. The highest BCUT2D eigenvalue weighted by Crippen LogP contribution is 2.44. The molecule has 0 bridgehead atoms. The third-order valence-corrected chi connectivity index (χ3v) is 7.29. The van der Waals surface area contributed by atoms with Gasteiger partial charge in [0.2, 0.25) is 0 Å². The number of fused-ring (bicyclic) bond motifs is 2. The molecule has 2 aliphatic rings. The predicted molar refractivity (Wildman–Crippen MR) is 119 cm³/mol. The van der Waals surface area contributed by atoms with E-state index in [1.807, 2.05) is 13.0 Å². The SMILES string of the molecule is COc1c(CCC(C)C)ccc2c1C(=O)OCc1cc(C)cc(OS(=O)(=O)C3CC3)c1O2. The molecule has 1 aliphatic carbocycles. The number of carbonyl (C=O) groups is 1. The third-order valence-electron chi connectivity index (χ3n) is 5.59. The number of benzene rings is 2. The average molecular weight is 461 g/mol. The molecule has 0 N–H and O–H groups in total. The van der Waals surface area contributed by atoms with Gasteiger partial charge in [0.1, 0.15) is 23.7 Å². The maximum atomic E-state index is 12.9. The Hall–Kier alpha value is -2.74. The average Bonchev–Trinajstić information content (AvgIpc) is 3.57. The molecule has 7 nitrogen and oxygen atoms in total. The minimum absolute atomic E-state index is 0.0749. The fourth-order valence-electron chi connectivity index (χ4n) is 3.73. The Bertz CT molecular complexity index is 1150. The van der Waals surface area contributed by atoms with Crippen molar-refractivity contribution in [2.45, 2.75) is 58.3 Å². The Labute approximate surface area is 188 Å². The van der Waals surface area contributed by atoms with E-state index < -0.39 is 21.3 Å². The summed E-state index contributed by atoms with van der Waals surface area (Å²) in [5, 5.41) is -0.485. The van der Waals surface area contributed by atoms with Crippen molar-refractivity contribution >= 4 is 16.1 Å². The Balaban J connectivity index is 1.78. The second-order valence-corrected chi connectivity index (χ2v) is 10.6. The van der Waals surface area contributed by atoms with E-state index >= 15 is 0 Å². The molecule has 0 aromatic heterocycles. The molecule has 4 rings (SSSR count). The van der Waals surface area contributed by atoms with Crippen molar-refractivity contribution < 1.29 is 31.6 Å². The van der Waals surface area contributed by atoms with Gasteiger partial charge >= 0.3 is 16.1 Å². The summed E-state index contributed by atoms with van der Waals surface area (Å²) in [4.78, 5) is 12.9. The summed E-state index contributed by atoms with van der Waals surface area (Å²) >= 11 is 0. The van der Waals surface area contributed by atoms with Crippen molar-refractivity contribution in [3.05, 3.63) is 46.5 Å². The maximum Gasteiger partial charge on any atom is 0.346 e. The lowest BCUT2D eigenvalue weighted by molar-refractivity contribution is 0.0455. The van der Waals surface area contributed by atoms with Gasteiger partial charge in [0.15, 0.2) is 11.5 Å². The van der Waals surface area contributed by atoms with Gasteiger partial charge in [-0.05, 0) is 67.9 Å². The van der Waals surface area contributed by atoms with Gasteiger partial charge in [-0.25, -0.2) is 4.79 Å². The van der Waals surface area contributed by atoms with Gasteiger partial charge in [-0.2, -0.15) is 8.42 Å². The number of esters is 1. The van der Waals surface area contributed by atoms with Gasteiger partial charge in [-0.1, -0.05) is 19.9 Å². The van der Waals surface area contributed by atoms with E-state index in [2.05, 4.69) is 13.8 Å². The highest BCUT2D eigenvalue weighted by atomic mass is 32.2. The predicted octanol–water partition coefficient (Wildman–Crippen LogP) is 4.93. The van der Waals surface area contributed by atoms with E-state index in [0.29, 0.717) is 30.1 Å². The molecule has 32 heavy (non-hydrogen) atoms. The lowest BCUT2D eigenvalue weighted by atomic mass is 9.99. The summed E-state index contributed by atoms with van der Waals surface area (Å²) < 4.78 is 47.7. The molecule has 0 spiro atoms. The highest BCUT2D eigenvalue weighted by Gasteiger charge is 2.39. The van der Waals surface area contributed by atoms with Crippen molar-refractivity contribution in [1.29, 1.82) is 0 Å². The van der Waals surface area contributed by atoms with Crippen LogP contribution in [0.2, 0.25) is 0 Å². The molecule has 1 fully saturated rings. The molecule has 172 valence electrons. The normalized spacial score (nSPS) is 15.7. The van der Waals surface area contributed by atoms with Crippen LogP contribution in [-0.4, -0.2) is 26.7 Å². The second kappa shape index (κ2) is 8.65. The smallest absolute Gasteiger partial charge is 0.346 e. The zero-order valence-corrected chi connectivity index (χ0v) is 19.6. The van der Waals surface area contributed by atoms with Gasteiger partial charge in [-0.3, -0.25) is 0 Å². The summed E-state index contributed by atoms with van der Waals surface area (Å²) in [6, 6.07) is 6.97. The first-order valence-electron chi connectivity index (χ1n) is 10.8. The van der Waals surface area contributed by atoms with Crippen LogP contribution in [0.4, 0.5) is 0 Å². The van der Waals surface area contributed by atoms with E-state index in [0.717, 1.165) is 24.0 Å². The van der Waals surface area contributed by atoms with Crippen molar-refractivity contribution in [1.82, 2.24) is 0 Å². The molecular formula is C24H28O7S. The lowest BCUT2D eigenvalue weighted by Gasteiger charge is -2.23. The second-order valence-electron chi connectivity index (χ2n) is 8.77. The fourth-order valence-corrected chi connectivity index (χ4v) is 4.96. The van der Waals surface area contributed by atoms with Crippen molar-refractivity contribution in [3.63, 3.8) is 0 Å². The van der Waals surface area contributed by atoms with Crippen LogP contribution >= 0.6 is 0 Å². The molecule has 0 atom stereocenters. The number of ether oxygens (including phenoxy) is 3. The van der Waals surface area contributed by atoms with Crippen molar-refractivity contribution in [3.8, 4) is 23.0 Å². The van der Waals surface area contributed by atoms with Crippen molar-refractivity contribution in [2.75, 3.05) is 7.11 Å². The molecule has 0 unspecified atom stereocenters. The fraction of sp³-hybridized carbons (Fsp3) is 0.458. The van der Waals surface area contributed by atoms with Gasteiger partial charge in [0.25, 0.3) is 0 Å². The maximum absolute atomic E-state index is 12.9. The molecule has 1 saturated carbocycles. The first-order valence-corrected chi connectivity index (χ1v) is 12.3. The zero-order valence-electron chi connectivity index (χ0n) is 18.8. The van der Waals surface area contributed by atoms with E-state index in [-0.39, 0.29) is 29.4 Å². The quantitative estimate of drug-likeness (QED) is 0.428. The number of carbonyl (C=O) groups excluding carboxylic acids is 1. The lowest BCUT2D eigenvalue weighted by Crippen LogP contribution is -2.17. The Morgan fingerprint density at radius 2 is 1.94 bits per heavy atom. The van der Waals surface area contributed by atoms with Gasteiger partial charge < -0.3 is 18.4 Å². The van der Waals surface area contributed by atoms with Gasteiger partial charge in [0, 0.05) is 5.56 Å². The van der Waals surface area contributed by atoms with Crippen LogP contribution in [0.25, 0.3) is 0 Å². The Kier molecular flexibility index (Phi) is 6.07. The largest absolute Gasteiger partial charge is 0.495 e. The number of hydrogen-bond donors (Lipinski definition) is 0. The number of methoxy groups -OCH3 is 1. The van der Waals surface area contributed by atoms with E-state index in [1.54, 1.807) is 18.2 Å². The van der Waals surface area contributed by atoms with Gasteiger partial charge in [-0.15, -0.1) is 0 Å². The van der Waals surface area contributed by atoms with Crippen LogP contribution < -0.4 is 13.7 Å². The monoisotopic (exact) mass is 460 g/mol. The number of cyclic esters (lactones) is 1. The number of aryl methyl sites for hydroxylation is 2. The minimum atomic E-state index is -3.75. The molecular weight excluding hydrogens is 432 g/mol. The van der Waals surface area contributed by atoms with Crippen LogP contribution in [0.5, 0.6) is 23.0 Å². The molecule has 8 heteroatoms. The van der Waals surface area contributed by atoms with Crippen molar-refractivity contribution in [2.24, 2.45) is 5.92 Å². The zero-order chi connectivity index (χ0) is 23.0. The van der Waals surface area contributed by atoms with Crippen LogP contribution in [0.1, 0.15) is 60.2 Å². The number of rotatable bonds is 7. The summed E-state index contributed by atoms with van der Waals surface area (Å²) in [7, 11) is -2.24. The molecule has 0 radical (unpaired) electrons. The first kappa shape index (κ1) is 22.5. The molecule has 1 aliphatic heterocycles. The standard InChI is InChI=1S/C24H28O7S/c1-14(2)5-6-16-7-10-19-21(23(16)28-4)24(25)29-13-17-11-15(3)12-20(22(17)30-19)31-32(26,27)18-8-9-18/h7,10-12,14,18H,5-6,8-9,13H2,1-4H3. The molecule has 1 heterocycles. The van der Waals surface area contributed by atoms with Crippen LogP contribution in [0, 0.1) is 12.8 Å². The topological polar surface area (TPSA) is 88.1 Å². The van der Waals surface area contributed by atoms with Crippen LogP contribution in [0.3, 0.4) is 0 Å². The Morgan fingerprint density at radius 1 is 1.19 bits per heavy atom. The van der Waals surface area contributed by atoms with Crippen LogP contribution in [0.15, 0.2) is 24.3 Å². The summed E-state index contributed by atoms with van der Waals surface area (Å²) in [6.45, 7) is 6.01. The summed E-state index contributed by atoms with van der Waals surface area (Å²) in [6.07, 6.45) is 2.86.